The van der Waals surface area contributed by atoms with Crippen molar-refractivity contribution in [1.29, 1.82) is 0 Å². The second-order valence-electron chi connectivity index (χ2n) is 1.76. The van der Waals surface area contributed by atoms with Gasteiger partial charge in [0.25, 0.3) is 5.56 Å². The molecule has 0 fully saturated rings. The minimum Gasteiger partial charge on any atom is -0.329 e. The Kier molecular flexibility index (Phi) is 2.35. The van der Waals surface area contributed by atoms with E-state index in [4.69, 9.17) is 23.2 Å². The van der Waals surface area contributed by atoms with Crippen molar-refractivity contribution in [2.75, 3.05) is 0 Å². The van der Waals surface area contributed by atoms with E-state index in [2.05, 4.69) is 4.98 Å². The molecule has 0 bridgehead atoms. The molecule has 0 saturated heterocycles. The van der Waals surface area contributed by atoms with Crippen molar-refractivity contribution in [2.24, 2.45) is 0 Å². The molecule has 4 heteroatoms. The maximum atomic E-state index is 10.8. The van der Waals surface area contributed by atoms with E-state index in [-0.39, 0.29) is 5.56 Å². The van der Waals surface area contributed by atoms with Gasteiger partial charge in [-0.05, 0) is 12.1 Å². The molecule has 0 aromatic carbocycles. The van der Waals surface area contributed by atoms with Crippen molar-refractivity contribution >= 4 is 23.2 Å². The molecular weight excluding hydrogens is 173 g/mol. The lowest BCUT2D eigenvalue weighted by Crippen LogP contribution is -2.10. The highest BCUT2D eigenvalue weighted by atomic mass is 35.5. The number of aromatic amines is 1. The number of rotatable bonds is 1. The van der Waals surface area contributed by atoms with Crippen molar-refractivity contribution in [1.82, 2.24) is 4.98 Å². The molecule has 1 heterocycles. The molecule has 1 rings (SSSR count). The van der Waals surface area contributed by atoms with Gasteiger partial charge in [-0.15, -0.1) is 0 Å². The van der Waals surface area contributed by atoms with Crippen LogP contribution in [0.5, 0.6) is 0 Å². The van der Waals surface area contributed by atoms with Crippen molar-refractivity contribution in [3.8, 4) is 0 Å². The van der Waals surface area contributed by atoms with Crippen molar-refractivity contribution in [3.63, 3.8) is 0 Å². The second kappa shape index (κ2) is 3.08. The van der Waals surface area contributed by atoms with Gasteiger partial charge in [-0.3, -0.25) is 4.79 Å². The van der Waals surface area contributed by atoms with Crippen molar-refractivity contribution < 1.29 is 0 Å². The van der Waals surface area contributed by atoms with E-state index in [9.17, 15) is 4.79 Å². The summed E-state index contributed by atoms with van der Waals surface area (Å²) >= 11 is 10.9. The standard InChI is InChI=1S/C6H5Cl2NO/c7-5(8)4-2-1-3-9-6(4)10/h1-3,5H,(H,9,10). The Balaban J connectivity index is 3.16. The number of nitrogens with one attached hydrogen (secondary N) is 1. The molecule has 0 aliphatic heterocycles. The molecule has 0 spiro atoms. The van der Waals surface area contributed by atoms with Crippen LogP contribution in [0.1, 0.15) is 10.4 Å². The molecular formula is C6H5Cl2NO. The van der Waals surface area contributed by atoms with Gasteiger partial charge in [0.05, 0.1) is 5.56 Å². The molecule has 54 valence electrons. The summed E-state index contributed by atoms with van der Waals surface area (Å²) in [5, 5.41) is 0. The maximum absolute atomic E-state index is 10.8. The monoisotopic (exact) mass is 177 g/mol. The van der Waals surface area contributed by atoms with E-state index in [1.54, 1.807) is 12.1 Å². The van der Waals surface area contributed by atoms with Crippen LogP contribution < -0.4 is 5.56 Å². The Morgan fingerprint density at radius 2 is 2.20 bits per heavy atom. The topological polar surface area (TPSA) is 32.9 Å². The van der Waals surface area contributed by atoms with Crippen LogP contribution in [0.15, 0.2) is 23.1 Å². The van der Waals surface area contributed by atoms with Gasteiger partial charge in [-0.25, -0.2) is 0 Å². The van der Waals surface area contributed by atoms with Gasteiger partial charge >= 0.3 is 0 Å². The first-order chi connectivity index (χ1) is 4.72. The maximum Gasteiger partial charge on any atom is 0.253 e. The average Bonchev–Trinajstić information content (AvgIpc) is 1.88. The molecule has 1 aromatic rings. The zero-order chi connectivity index (χ0) is 7.56. The van der Waals surface area contributed by atoms with Crippen LogP contribution in [0.4, 0.5) is 0 Å². The molecule has 1 aromatic heterocycles. The highest BCUT2D eigenvalue weighted by molar-refractivity contribution is 6.44. The van der Waals surface area contributed by atoms with E-state index in [1.807, 2.05) is 0 Å². The predicted molar refractivity (Wildman–Crippen MR) is 41.5 cm³/mol. The lowest BCUT2D eigenvalue weighted by atomic mass is 10.3. The Morgan fingerprint density at radius 3 is 2.60 bits per heavy atom. The summed E-state index contributed by atoms with van der Waals surface area (Å²) in [7, 11) is 0. The van der Waals surface area contributed by atoms with Crippen LogP contribution in [0, 0.1) is 0 Å². The van der Waals surface area contributed by atoms with Crippen LogP contribution >= 0.6 is 23.2 Å². The lowest BCUT2D eigenvalue weighted by Gasteiger charge is -1.96. The Bertz CT molecular complexity index is 268. The van der Waals surface area contributed by atoms with Gasteiger partial charge in [0.15, 0.2) is 0 Å². The summed E-state index contributed by atoms with van der Waals surface area (Å²) < 4.78 is 0. The molecule has 0 amide bonds. The zero-order valence-electron chi connectivity index (χ0n) is 4.97. The fourth-order valence-electron chi connectivity index (χ4n) is 0.606. The molecule has 0 aliphatic rings. The van der Waals surface area contributed by atoms with E-state index >= 15 is 0 Å². The summed E-state index contributed by atoms with van der Waals surface area (Å²) in [6.45, 7) is 0. The van der Waals surface area contributed by atoms with E-state index in [0.717, 1.165) is 0 Å². The summed E-state index contributed by atoms with van der Waals surface area (Å²) in [6, 6.07) is 3.26. The van der Waals surface area contributed by atoms with Gasteiger partial charge in [-0.1, -0.05) is 23.2 Å². The van der Waals surface area contributed by atoms with Gasteiger partial charge in [-0.2, -0.15) is 0 Å². The summed E-state index contributed by atoms with van der Waals surface area (Å²) in [4.78, 5) is 12.5. The van der Waals surface area contributed by atoms with Crippen molar-refractivity contribution in [3.05, 3.63) is 34.2 Å². The molecule has 1 N–H and O–H groups in total. The second-order valence-corrected chi connectivity index (χ2v) is 2.85. The average molecular weight is 178 g/mol. The third-order valence-electron chi connectivity index (χ3n) is 1.08. The highest BCUT2D eigenvalue weighted by Gasteiger charge is 2.05. The molecule has 0 aliphatic carbocycles. The Morgan fingerprint density at radius 1 is 1.50 bits per heavy atom. The largest absolute Gasteiger partial charge is 0.329 e. The van der Waals surface area contributed by atoms with Gasteiger partial charge in [0, 0.05) is 6.20 Å². The van der Waals surface area contributed by atoms with E-state index < -0.39 is 4.84 Å². The van der Waals surface area contributed by atoms with Gasteiger partial charge in [0.2, 0.25) is 0 Å². The van der Waals surface area contributed by atoms with Crippen LogP contribution in [0.2, 0.25) is 0 Å². The highest BCUT2D eigenvalue weighted by Crippen LogP contribution is 2.19. The number of halogens is 2. The first-order valence-corrected chi connectivity index (χ1v) is 3.55. The quantitative estimate of drug-likeness (QED) is 0.654. The predicted octanol–water partition coefficient (Wildman–Crippen LogP) is 1.85. The fraction of sp³-hybridized carbons (Fsp3) is 0.167. The number of hydrogen-bond acceptors (Lipinski definition) is 1. The molecule has 0 atom stereocenters. The Hall–Kier alpha value is -0.470. The minimum absolute atomic E-state index is 0.238. The van der Waals surface area contributed by atoms with Crippen molar-refractivity contribution in [2.45, 2.75) is 4.84 Å². The first kappa shape index (κ1) is 7.63. The third kappa shape index (κ3) is 1.52. The first-order valence-electron chi connectivity index (χ1n) is 2.67. The summed E-state index contributed by atoms with van der Waals surface area (Å²) in [5.74, 6) is 0. The smallest absolute Gasteiger partial charge is 0.253 e. The van der Waals surface area contributed by atoms with Gasteiger partial charge in [0.1, 0.15) is 4.84 Å². The summed E-state index contributed by atoms with van der Waals surface area (Å²) in [5.41, 5.74) is 0.142. The number of aromatic nitrogens is 1. The number of alkyl halides is 2. The van der Waals surface area contributed by atoms with Crippen LogP contribution in [0.3, 0.4) is 0 Å². The molecule has 0 saturated carbocycles. The summed E-state index contributed by atoms with van der Waals surface area (Å²) in [6.07, 6.45) is 1.53. The lowest BCUT2D eigenvalue weighted by molar-refractivity contribution is 1.15. The van der Waals surface area contributed by atoms with Crippen LogP contribution in [-0.4, -0.2) is 4.98 Å². The minimum atomic E-state index is -0.745. The fourth-order valence-corrected chi connectivity index (χ4v) is 0.950. The van der Waals surface area contributed by atoms with E-state index in [0.29, 0.717) is 5.56 Å². The normalized spacial score (nSPS) is 10.3. The van der Waals surface area contributed by atoms with Gasteiger partial charge < -0.3 is 4.98 Å². The molecule has 0 unspecified atom stereocenters. The van der Waals surface area contributed by atoms with Crippen LogP contribution in [-0.2, 0) is 0 Å². The number of hydrogen-bond donors (Lipinski definition) is 1. The zero-order valence-corrected chi connectivity index (χ0v) is 6.49. The third-order valence-corrected chi connectivity index (χ3v) is 1.55. The SMILES string of the molecule is O=c1[nH]cccc1C(Cl)Cl. The number of pyridine rings is 1. The Labute approximate surface area is 67.8 Å². The molecule has 2 nitrogen and oxygen atoms in total. The van der Waals surface area contributed by atoms with E-state index in [1.165, 1.54) is 6.20 Å². The number of H-pyrrole nitrogens is 1. The van der Waals surface area contributed by atoms with Crippen LogP contribution in [0.25, 0.3) is 0 Å². The molecule has 10 heavy (non-hydrogen) atoms. The molecule has 0 radical (unpaired) electrons.